The molecule has 15 heavy (non-hydrogen) atoms. The van der Waals surface area contributed by atoms with E-state index in [1.165, 1.54) is 19.3 Å². The predicted octanol–water partition coefficient (Wildman–Crippen LogP) is 3.61. The lowest BCUT2D eigenvalue weighted by molar-refractivity contribution is -0.326. The molecular formula is C11H18Br2O2. The Morgan fingerprint density at radius 2 is 1.60 bits per heavy atom. The summed E-state index contributed by atoms with van der Waals surface area (Å²) >= 11 is 7.14. The van der Waals surface area contributed by atoms with E-state index in [9.17, 15) is 0 Å². The normalized spacial score (nSPS) is 29.2. The fourth-order valence-corrected chi connectivity index (χ4v) is 4.18. The zero-order valence-electron chi connectivity index (χ0n) is 8.94. The predicted molar refractivity (Wildman–Crippen MR) is 67.8 cm³/mol. The Morgan fingerprint density at radius 3 is 2.20 bits per heavy atom. The van der Waals surface area contributed by atoms with Gasteiger partial charge in [0.25, 0.3) is 0 Å². The van der Waals surface area contributed by atoms with E-state index in [1.807, 2.05) is 0 Å². The van der Waals surface area contributed by atoms with Crippen molar-refractivity contribution in [3.8, 4) is 0 Å². The maximum atomic E-state index is 6.28. The number of alkyl halides is 2. The molecule has 1 aliphatic carbocycles. The van der Waals surface area contributed by atoms with Crippen LogP contribution >= 0.6 is 31.9 Å². The first kappa shape index (κ1) is 12.3. The lowest BCUT2D eigenvalue weighted by atomic mass is 9.91. The fraction of sp³-hybridized carbons (Fsp3) is 1.00. The summed E-state index contributed by atoms with van der Waals surface area (Å²) in [5.41, 5.74) is -0.0599. The van der Waals surface area contributed by atoms with E-state index in [2.05, 4.69) is 31.9 Å². The average molecular weight is 342 g/mol. The summed E-state index contributed by atoms with van der Waals surface area (Å²) in [5, 5.41) is 1.77. The third-order valence-electron chi connectivity index (χ3n) is 3.43. The van der Waals surface area contributed by atoms with E-state index in [4.69, 9.17) is 9.47 Å². The van der Waals surface area contributed by atoms with Crippen molar-refractivity contribution in [2.45, 2.75) is 49.9 Å². The van der Waals surface area contributed by atoms with Gasteiger partial charge >= 0.3 is 0 Å². The molecule has 2 rings (SSSR count). The van der Waals surface area contributed by atoms with Crippen LogP contribution in [0.2, 0.25) is 0 Å². The molecule has 0 aromatic carbocycles. The quantitative estimate of drug-likeness (QED) is 0.714. The molecule has 0 radical (unpaired) electrons. The van der Waals surface area contributed by atoms with Crippen LogP contribution in [-0.4, -0.2) is 28.7 Å². The Labute approximate surface area is 108 Å². The van der Waals surface area contributed by atoms with Gasteiger partial charge in [-0.2, -0.15) is 0 Å². The minimum absolute atomic E-state index is 0.0599. The Balaban J connectivity index is 2.07. The number of halogens is 2. The lowest BCUT2D eigenvalue weighted by Gasteiger charge is -2.48. The summed E-state index contributed by atoms with van der Waals surface area (Å²) in [6, 6.07) is 0. The van der Waals surface area contributed by atoms with Crippen LogP contribution in [0.15, 0.2) is 0 Å². The summed E-state index contributed by atoms with van der Waals surface area (Å²) in [6.45, 7) is 0.831. The van der Waals surface area contributed by atoms with Gasteiger partial charge in [-0.3, -0.25) is 0 Å². The van der Waals surface area contributed by atoms with E-state index in [1.54, 1.807) is 0 Å². The van der Waals surface area contributed by atoms with Crippen LogP contribution in [0.5, 0.6) is 0 Å². The molecule has 0 atom stereocenters. The molecule has 2 nitrogen and oxygen atoms in total. The maximum absolute atomic E-state index is 6.28. The molecule has 88 valence electrons. The van der Waals surface area contributed by atoms with Crippen LogP contribution in [-0.2, 0) is 9.47 Å². The van der Waals surface area contributed by atoms with Gasteiger partial charge in [0.1, 0.15) is 0 Å². The number of hydrogen-bond donors (Lipinski definition) is 0. The molecular weight excluding hydrogens is 324 g/mol. The molecule has 1 aliphatic heterocycles. The van der Waals surface area contributed by atoms with E-state index < -0.39 is 0 Å². The molecule has 0 bridgehead atoms. The first-order valence-corrected chi connectivity index (χ1v) is 7.95. The van der Waals surface area contributed by atoms with Crippen LogP contribution in [0, 0.1) is 0 Å². The molecule has 2 fully saturated rings. The zero-order chi connectivity index (χ0) is 10.8. The molecule has 0 unspecified atom stereocenters. The molecule has 1 heterocycles. The molecule has 1 saturated heterocycles. The van der Waals surface area contributed by atoms with Crippen LogP contribution in [0.1, 0.15) is 38.5 Å². The fourth-order valence-electron chi connectivity index (χ4n) is 2.46. The van der Waals surface area contributed by atoms with Crippen LogP contribution in [0.4, 0.5) is 0 Å². The Morgan fingerprint density at radius 1 is 0.933 bits per heavy atom. The minimum Gasteiger partial charge on any atom is -0.350 e. The second-order valence-electron chi connectivity index (χ2n) is 4.62. The highest BCUT2D eigenvalue weighted by Gasteiger charge is 2.46. The first-order chi connectivity index (χ1) is 7.24. The number of rotatable bonds is 2. The van der Waals surface area contributed by atoms with Crippen molar-refractivity contribution < 1.29 is 9.47 Å². The standard InChI is InChI=1S/C11H18Br2O2/c12-8-10(9-13)6-7-14-11(15-10)4-2-1-3-5-11/h1-9H2. The van der Waals surface area contributed by atoms with Gasteiger partial charge in [-0.05, 0) is 12.8 Å². The van der Waals surface area contributed by atoms with Gasteiger partial charge < -0.3 is 9.47 Å². The van der Waals surface area contributed by atoms with Crippen molar-refractivity contribution in [3.05, 3.63) is 0 Å². The van der Waals surface area contributed by atoms with Crippen molar-refractivity contribution in [3.63, 3.8) is 0 Å². The SMILES string of the molecule is BrCC1(CBr)CCOC2(CCCCC2)O1. The van der Waals surface area contributed by atoms with Crippen molar-refractivity contribution in [2.75, 3.05) is 17.3 Å². The first-order valence-electron chi connectivity index (χ1n) is 5.70. The highest BCUT2D eigenvalue weighted by molar-refractivity contribution is 9.09. The largest absolute Gasteiger partial charge is 0.350 e. The molecule has 0 aromatic rings. The molecule has 0 amide bonds. The summed E-state index contributed by atoms with van der Waals surface area (Å²) in [4.78, 5) is 0. The molecule has 0 N–H and O–H groups in total. The molecule has 1 saturated carbocycles. The number of hydrogen-bond acceptors (Lipinski definition) is 2. The van der Waals surface area contributed by atoms with Crippen molar-refractivity contribution in [2.24, 2.45) is 0 Å². The van der Waals surface area contributed by atoms with Crippen molar-refractivity contribution >= 4 is 31.9 Å². The monoisotopic (exact) mass is 340 g/mol. The molecule has 2 aliphatic rings. The maximum Gasteiger partial charge on any atom is 0.169 e. The number of ether oxygens (including phenoxy) is 2. The second kappa shape index (κ2) is 5.03. The van der Waals surface area contributed by atoms with Crippen LogP contribution in [0.25, 0.3) is 0 Å². The van der Waals surface area contributed by atoms with E-state index in [-0.39, 0.29) is 11.4 Å². The van der Waals surface area contributed by atoms with E-state index in [0.29, 0.717) is 0 Å². The van der Waals surface area contributed by atoms with Crippen LogP contribution < -0.4 is 0 Å². The van der Waals surface area contributed by atoms with Crippen molar-refractivity contribution in [1.29, 1.82) is 0 Å². The molecule has 4 heteroatoms. The zero-order valence-corrected chi connectivity index (χ0v) is 12.1. The lowest BCUT2D eigenvalue weighted by Crippen LogP contribution is -2.54. The average Bonchev–Trinajstić information content (AvgIpc) is 2.30. The third kappa shape index (κ3) is 2.59. The summed E-state index contributed by atoms with van der Waals surface area (Å²) in [7, 11) is 0. The summed E-state index contributed by atoms with van der Waals surface area (Å²) in [5.74, 6) is -0.266. The Hall–Kier alpha value is 0.880. The van der Waals surface area contributed by atoms with E-state index in [0.717, 1.165) is 36.5 Å². The Kier molecular flexibility index (Phi) is 4.14. The van der Waals surface area contributed by atoms with Gasteiger partial charge in [-0.25, -0.2) is 0 Å². The van der Waals surface area contributed by atoms with Gasteiger partial charge in [0, 0.05) is 29.9 Å². The van der Waals surface area contributed by atoms with Gasteiger partial charge in [0.05, 0.1) is 12.2 Å². The summed E-state index contributed by atoms with van der Waals surface area (Å²) in [6.07, 6.45) is 6.90. The minimum atomic E-state index is -0.266. The van der Waals surface area contributed by atoms with Gasteiger partial charge in [0.2, 0.25) is 0 Å². The molecule has 1 spiro atoms. The van der Waals surface area contributed by atoms with Gasteiger partial charge in [-0.1, -0.05) is 38.3 Å². The highest BCUT2D eigenvalue weighted by atomic mass is 79.9. The van der Waals surface area contributed by atoms with Gasteiger partial charge in [-0.15, -0.1) is 0 Å². The smallest absolute Gasteiger partial charge is 0.169 e. The topological polar surface area (TPSA) is 18.5 Å². The summed E-state index contributed by atoms with van der Waals surface area (Å²) < 4.78 is 12.2. The van der Waals surface area contributed by atoms with Crippen LogP contribution in [0.3, 0.4) is 0 Å². The van der Waals surface area contributed by atoms with Gasteiger partial charge in [0.15, 0.2) is 5.79 Å². The highest BCUT2D eigenvalue weighted by Crippen LogP contribution is 2.41. The second-order valence-corrected chi connectivity index (χ2v) is 5.74. The Bertz CT molecular complexity index is 205. The molecule has 0 aromatic heterocycles. The third-order valence-corrected chi connectivity index (χ3v) is 5.47. The van der Waals surface area contributed by atoms with Crippen molar-refractivity contribution in [1.82, 2.24) is 0 Å². The van der Waals surface area contributed by atoms with E-state index >= 15 is 0 Å².